The second kappa shape index (κ2) is 3.38. The molecule has 0 radical (unpaired) electrons. The van der Waals surface area contributed by atoms with E-state index >= 15 is 0 Å². The zero-order valence-electron chi connectivity index (χ0n) is 9.38. The van der Waals surface area contributed by atoms with Gasteiger partial charge in [-0.15, -0.1) is 0 Å². The first-order chi connectivity index (χ1) is 6.57. The van der Waals surface area contributed by atoms with Gasteiger partial charge in [-0.25, -0.2) is 0 Å². The lowest BCUT2D eigenvalue weighted by Gasteiger charge is -2.34. The number of nitrogens with zero attached hydrogens (tertiary/aromatic N) is 1. The highest BCUT2D eigenvalue weighted by atomic mass is 14.6. The van der Waals surface area contributed by atoms with Gasteiger partial charge in [0.2, 0.25) is 0 Å². The Labute approximate surface area is 86.6 Å². The molecular weight excluding hydrogens is 170 g/mol. The molecule has 1 aliphatic rings. The van der Waals surface area contributed by atoms with Crippen molar-refractivity contribution in [3.05, 3.63) is 29.6 Å². The molecule has 76 valence electrons. The SMILES string of the molecule is CC(C)(C)[C@H]1CCc2ccncc2C1. The van der Waals surface area contributed by atoms with Gasteiger partial charge in [-0.2, -0.15) is 0 Å². The average Bonchev–Trinajstić information content (AvgIpc) is 2.16. The lowest BCUT2D eigenvalue weighted by atomic mass is 9.71. The summed E-state index contributed by atoms with van der Waals surface area (Å²) in [4.78, 5) is 4.21. The Bertz CT molecular complexity index is 322. The maximum Gasteiger partial charge on any atom is 0.0302 e. The Kier molecular flexibility index (Phi) is 2.34. The Morgan fingerprint density at radius 2 is 2.07 bits per heavy atom. The van der Waals surface area contributed by atoms with Crippen LogP contribution < -0.4 is 0 Å². The smallest absolute Gasteiger partial charge is 0.0302 e. The molecule has 1 aliphatic carbocycles. The highest BCUT2D eigenvalue weighted by molar-refractivity contribution is 5.26. The zero-order chi connectivity index (χ0) is 10.2. The van der Waals surface area contributed by atoms with Crippen LogP contribution in [-0.4, -0.2) is 4.98 Å². The minimum Gasteiger partial charge on any atom is -0.264 e. The van der Waals surface area contributed by atoms with E-state index in [0.29, 0.717) is 5.41 Å². The van der Waals surface area contributed by atoms with E-state index in [1.54, 1.807) is 0 Å². The summed E-state index contributed by atoms with van der Waals surface area (Å²) >= 11 is 0. The van der Waals surface area contributed by atoms with Crippen LogP contribution in [0.1, 0.15) is 38.3 Å². The first-order valence-electron chi connectivity index (χ1n) is 5.49. The lowest BCUT2D eigenvalue weighted by molar-refractivity contribution is 0.216. The van der Waals surface area contributed by atoms with Crippen molar-refractivity contribution in [2.75, 3.05) is 0 Å². The molecule has 1 heteroatoms. The molecule has 0 unspecified atom stereocenters. The molecule has 14 heavy (non-hydrogen) atoms. The molecule has 0 saturated carbocycles. The monoisotopic (exact) mass is 189 g/mol. The third-order valence-corrected chi connectivity index (χ3v) is 3.46. The van der Waals surface area contributed by atoms with E-state index in [2.05, 4.69) is 31.8 Å². The summed E-state index contributed by atoms with van der Waals surface area (Å²) in [6, 6.07) is 2.17. The number of hydrogen-bond acceptors (Lipinski definition) is 1. The highest BCUT2D eigenvalue weighted by Crippen LogP contribution is 2.36. The summed E-state index contributed by atoms with van der Waals surface area (Å²) in [6.07, 6.45) is 7.75. The lowest BCUT2D eigenvalue weighted by Crippen LogP contribution is -2.26. The normalized spacial score (nSPS) is 21.8. The van der Waals surface area contributed by atoms with Gasteiger partial charge in [0.1, 0.15) is 0 Å². The minimum atomic E-state index is 0.438. The van der Waals surface area contributed by atoms with Crippen molar-refractivity contribution < 1.29 is 0 Å². The molecule has 0 N–H and O–H groups in total. The molecule has 0 spiro atoms. The van der Waals surface area contributed by atoms with E-state index in [9.17, 15) is 0 Å². The van der Waals surface area contributed by atoms with Crippen LogP contribution in [0.2, 0.25) is 0 Å². The van der Waals surface area contributed by atoms with E-state index in [-0.39, 0.29) is 0 Å². The Morgan fingerprint density at radius 1 is 1.29 bits per heavy atom. The second-order valence-electron chi connectivity index (χ2n) is 5.45. The Balaban J connectivity index is 2.22. The number of fused-ring (bicyclic) bond motifs is 1. The summed E-state index contributed by atoms with van der Waals surface area (Å²) in [6.45, 7) is 7.04. The van der Waals surface area contributed by atoms with Gasteiger partial charge in [-0.1, -0.05) is 20.8 Å². The molecule has 0 aliphatic heterocycles. The van der Waals surface area contributed by atoms with E-state index in [4.69, 9.17) is 0 Å². The van der Waals surface area contributed by atoms with Crippen LogP contribution in [0.5, 0.6) is 0 Å². The van der Waals surface area contributed by atoms with Crippen molar-refractivity contribution in [2.45, 2.75) is 40.0 Å². The standard InChI is InChI=1S/C13H19N/c1-13(2,3)12-5-4-10-6-7-14-9-11(10)8-12/h6-7,9,12H,4-5,8H2,1-3H3/t12-/m0/s1. The topological polar surface area (TPSA) is 12.9 Å². The van der Waals surface area contributed by atoms with Gasteiger partial charge in [0.05, 0.1) is 0 Å². The largest absolute Gasteiger partial charge is 0.264 e. The van der Waals surface area contributed by atoms with Crippen LogP contribution in [0.25, 0.3) is 0 Å². The van der Waals surface area contributed by atoms with Crippen molar-refractivity contribution in [1.29, 1.82) is 0 Å². The van der Waals surface area contributed by atoms with E-state index < -0.39 is 0 Å². The van der Waals surface area contributed by atoms with Gasteiger partial charge in [0, 0.05) is 12.4 Å². The maximum absolute atomic E-state index is 4.21. The summed E-state index contributed by atoms with van der Waals surface area (Å²) in [7, 11) is 0. The van der Waals surface area contributed by atoms with Crippen LogP contribution in [-0.2, 0) is 12.8 Å². The summed E-state index contributed by atoms with van der Waals surface area (Å²) in [5.41, 5.74) is 3.42. The second-order valence-corrected chi connectivity index (χ2v) is 5.45. The van der Waals surface area contributed by atoms with E-state index in [0.717, 1.165) is 5.92 Å². The molecule has 2 rings (SSSR count). The molecule has 0 aromatic carbocycles. The van der Waals surface area contributed by atoms with E-state index in [1.807, 2.05) is 12.4 Å². The van der Waals surface area contributed by atoms with Gasteiger partial charge < -0.3 is 0 Å². The van der Waals surface area contributed by atoms with Crippen LogP contribution in [0, 0.1) is 11.3 Å². The molecule has 0 bridgehead atoms. The third kappa shape index (κ3) is 1.82. The predicted molar refractivity (Wildman–Crippen MR) is 59.2 cm³/mol. The zero-order valence-corrected chi connectivity index (χ0v) is 9.38. The number of aryl methyl sites for hydroxylation is 1. The Hall–Kier alpha value is -0.850. The molecule has 0 fully saturated rings. The molecule has 0 saturated heterocycles. The average molecular weight is 189 g/mol. The first kappa shape index (κ1) is 9.70. The van der Waals surface area contributed by atoms with Crippen molar-refractivity contribution >= 4 is 0 Å². The van der Waals surface area contributed by atoms with Crippen LogP contribution in [0.3, 0.4) is 0 Å². The molecule has 1 nitrogen and oxygen atoms in total. The van der Waals surface area contributed by atoms with Crippen molar-refractivity contribution in [3.63, 3.8) is 0 Å². The third-order valence-electron chi connectivity index (χ3n) is 3.46. The fourth-order valence-corrected chi connectivity index (χ4v) is 2.32. The predicted octanol–water partition coefficient (Wildman–Crippen LogP) is 3.23. The molecule has 0 amide bonds. The van der Waals surface area contributed by atoms with Crippen LogP contribution in [0.4, 0.5) is 0 Å². The Morgan fingerprint density at radius 3 is 2.79 bits per heavy atom. The number of pyridine rings is 1. The summed E-state index contributed by atoms with van der Waals surface area (Å²) in [5.74, 6) is 0.819. The van der Waals surface area contributed by atoms with Gasteiger partial charge in [0.25, 0.3) is 0 Å². The highest BCUT2D eigenvalue weighted by Gasteiger charge is 2.28. The fourth-order valence-electron chi connectivity index (χ4n) is 2.32. The summed E-state index contributed by atoms with van der Waals surface area (Å²) in [5, 5.41) is 0. The number of rotatable bonds is 0. The first-order valence-corrected chi connectivity index (χ1v) is 5.49. The quantitative estimate of drug-likeness (QED) is 0.610. The summed E-state index contributed by atoms with van der Waals surface area (Å²) < 4.78 is 0. The van der Waals surface area contributed by atoms with Gasteiger partial charge >= 0.3 is 0 Å². The van der Waals surface area contributed by atoms with Crippen molar-refractivity contribution in [3.8, 4) is 0 Å². The molecule has 1 aromatic rings. The minimum absolute atomic E-state index is 0.438. The molecular formula is C13H19N. The van der Waals surface area contributed by atoms with Gasteiger partial charge in [-0.05, 0) is 47.8 Å². The number of aromatic nitrogens is 1. The van der Waals surface area contributed by atoms with Crippen LogP contribution in [0.15, 0.2) is 18.5 Å². The van der Waals surface area contributed by atoms with Crippen LogP contribution >= 0.6 is 0 Å². The van der Waals surface area contributed by atoms with E-state index in [1.165, 1.54) is 30.4 Å². The fraction of sp³-hybridized carbons (Fsp3) is 0.615. The molecule has 1 heterocycles. The molecule has 1 atom stereocenters. The van der Waals surface area contributed by atoms with Crippen molar-refractivity contribution in [2.24, 2.45) is 11.3 Å². The molecule has 1 aromatic heterocycles. The van der Waals surface area contributed by atoms with Crippen molar-refractivity contribution in [1.82, 2.24) is 4.98 Å². The van der Waals surface area contributed by atoms with Gasteiger partial charge in [-0.3, -0.25) is 4.98 Å². The maximum atomic E-state index is 4.21. The van der Waals surface area contributed by atoms with Gasteiger partial charge in [0.15, 0.2) is 0 Å². The number of hydrogen-bond donors (Lipinski definition) is 0.